The summed E-state index contributed by atoms with van der Waals surface area (Å²) in [6.45, 7) is 4.04. The molecule has 0 spiro atoms. The second-order valence-corrected chi connectivity index (χ2v) is 4.23. The maximum atomic E-state index is 11.5. The van der Waals surface area contributed by atoms with Gasteiger partial charge in [0, 0.05) is 24.7 Å². The van der Waals surface area contributed by atoms with E-state index in [0.717, 1.165) is 12.8 Å². The summed E-state index contributed by atoms with van der Waals surface area (Å²) in [7, 11) is 1.49. The van der Waals surface area contributed by atoms with Gasteiger partial charge in [-0.3, -0.25) is 14.9 Å². The number of hydrogen-bond acceptors (Lipinski definition) is 4. The minimum Gasteiger partial charge on any atom is -0.377 e. The predicted molar refractivity (Wildman–Crippen MR) is 74.5 cm³/mol. The van der Waals surface area contributed by atoms with Gasteiger partial charge in [0.05, 0.1) is 4.92 Å². The summed E-state index contributed by atoms with van der Waals surface area (Å²) in [5, 5.41) is 16.7. The van der Waals surface area contributed by atoms with Gasteiger partial charge in [0.2, 0.25) is 0 Å². The molecule has 0 aliphatic carbocycles. The first-order chi connectivity index (χ1) is 9.03. The summed E-state index contributed by atoms with van der Waals surface area (Å²) in [4.78, 5) is 22.1. The molecule has 0 heterocycles. The smallest absolute Gasteiger partial charge is 0.293 e. The average molecular weight is 265 g/mol. The number of benzene rings is 1. The zero-order valence-electron chi connectivity index (χ0n) is 11.4. The Morgan fingerprint density at radius 1 is 1.37 bits per heavy atom. The van der Waals surface area contributed by atoms with E-state index in [1.54, 1.807) is 12.1 Å². The minimum absolute atomic E-state index is 0.0759. The van der Waals surface area contributed by atoms with Gasteiger partial charge in [-0.15, -0.1) is 0 Å². The lowest BCUT2D eigenvalue weighted by Gasteiger charge is -2.16. The van der Waals surface area contributed by atoms with Gasteiger partial charge >= 0.3 is 0 Å². The van der Waals surface area contributed by atoms with E-state index in [-0.39, 0.29) is 23.2 Å². The van der Waals surface area contributed by atoms with Gasteiger partial charge in [0.15, 0.2) is 0 Å². The molecule has 0 aliphatic heterocycles. The number of rotatable bonds is 6. The molecule has 0 radical (unpaired) electrons. The van der Waals surface area contributed by atoms with Gasteiger partial charge in [0.25, 0.3) is 11.6 Å². The molecule has 0 aromatic heterocycles. The fourth-order valence-corrected chi connectivity index (χ4v) is 1.80. The normalized spacial score (nSPS) is 10.3. The number of nitrogens with one attached hydrogen (secondary N) is 2. The van der Waals surface area contributed by atoms with Crippen LogP contribution in [-0.2, 0) is 0 Å². The molecule has 1 aromatic carbocycles. The molecule has 0 unspecified atom stereocenters. The maximum absolute atomic E-state index is 11.5. The van der Waals surface area contributed by atoms with E-state index in [0.29, 0.717) is 5.69 Å². The van der Waals surface area contributed by atoms with Crippen molar-refractivity contribution in [2.75, 3.05) is 12.4 Å². The van der Waals surface area contributed by atoms with Crippen molar-refractivity contribution in [1.82, 2.24) is 5.32 Å². The van der Waals surface area contributed by atoms with Crippen LogP contribution in [0.25, 0.3) is 0 Å². The van der Waals surface area contributed by atoms with Crippen molar-refractivity contribution in [3.05, 3.63) is 33.9 Å². The van der Waals surface area contributed by atoms with Crippen molar-refractivity contribution in [3.63, 3.8) is 0 Å². The highest BCUT2D eigenvalue weighted by atomic mass is 16.6. The number of anilines is 1. The first kappa shape index (κ1) is 14.9. The third kappa shape index (κ3) is 3.67. The zero-order chi connectivity index (χ0) is 14.4. The number of nitrogens with zero attached hydrogens (tertiary/aromatic N) is 1. The second-order valence-electron chi connectivity index (χ2n) is 4.23. The second kappa shape index (κ2) is 6.72. The Morgan fingerprint density at radius 3 is 2.47 bits per heavy atom. The summed E-state index contributed by atoms with van der Waals surface area (Å²) in [5.41, 5.74) is 0.656. The lowest BCUT2D eigenvalue weighted by atomic mass is 10.1. The van der Waals surface area contributed by atoms with Crippen LogP contribution in [0.2, 0.25) is 0 Å². The molecule has 6 nitrogen and oxygen atoms in total. The van der Waals surface area contributed by atoms with Crippen molar-refractivity contribution in [2.45, 2.75) is 32.7 Å². The fraction of sp³-hybridized carbons (Fsp3) is 0.462. The van der Waals surface area contributed by atoms with E-state index >= 15 is 0 Å². The van der Waals surface area contributed by atoms with Crippen molar-refractivity contribution >= 4 is 17.3 Å². The van der Waals surface area contributed by atoms with Crippen LogP contribution >= 0.6 is 0 Å². The molecule has 19 heavy (non-hydrogen) atoms. The topological polar surface area (TPSA) is 84.3 Å². The molecule has 1 amide bonds. The van der Waals surface area contributed by atoms with Crippen molar-refractivity contribution in [2.24, 2.45) is 0 Å². The van der Waals surface area contributed by atoms with Crippen LogP contribution in [0.3, 0.4) is 0 Å². The van der Waals surface area contributed by atoms with Gasteiger partial charge in [-0.25, -0.2) is 0 Å². The number of amides is 1. The molecule has 0 saturated carbocycles. The van der Waals surface area contributed by atoms with Crippen LogP contribution < -0.4 is 10.6 Å². The molecular weight excluding hydrogens is 246 g/mol. The first-order valence-electron chi connectivity index (χ1n) is 6.30. The minimum atomic E-state index is -0.475. The van der Waals surface area contributed by atoms with Crippen molar-refractivity contribution in [3.8, 4) is 0 Å². The van der Waals surface area contributed by atoms with E-state index in [9.17, 15) is 14.9 Å². The van der Waals surface area contributed by atoms with Crippen LogP contribution in [0.15, 0.2) is 18.2 Å². The quantitative estimate of drug-likeness (QED) is 0.611. The van der Waals surface area contributed by atoms with E-state index < -0.39 is 4.92 Å². The van der Waals surface area contributed by atoms with Gasteiger partial charge in [-0.2, -0.15) is 0 Å². The molecule has 0 atom stereocenters. The van der Waals surface area contributed by atoms with Crippen molar-refractivity contribution in [1.29, 1.82) is 0 Å². The van der Waals surface area contributed by atoms with E-state index in [1.807, 2.05) is 13.8 Å². The fourth-order valence-electron chi connectivity index (χ4n) is 1.80. The molecule has 104 valence electrons. The number of hydrogen-bond donors (Lipinski definition) is 2. The van der Waals surface area contributed by atoms with Crippen LogP contribution in [0.5, 0.6) is 0 Å². The molecule has 0 fully saturated rings. The Labute approximate surface area is 112 Å². The lowest BCUT2D eigenvalue weighted by Crippen LogP contribution is -2.20. The monoisotopic (exact) mass is 265 g/mol. The summed E-state index contributed by atoms with van der Waals surface area (Å²) >= 11 is 0. The Balaban J connectivity index is 3.11. The SMILES string of the molecule is CCC(CC)Nc1ccc(C(=O)NC)cc1[N+](=O)[O-]. The third-order valence-corrected chi connectivity index (χ3v) is 3.03. The van der Waals surface area contributed by atoms with E-state index in [4.69, 9.17) is 0 Å². The molecule has 2 N–H and O–H groups in total. The Morgan fingerprint density at radius 2 is 2.00 bits per heavy atom. The third-order valence-electron chi connectivity index (χ3n) is 3.03. The molecule has 0 aliphatic rings. The van der Waals surface area contributed by atoms with Crippen LogP contribution in [0.4, 0.5) is 11.4 Å². The predicted octanol–water partition coefficient (Wildman–Crippen LogP) is 2.55. The summed E-state index contributed by atoms with van der Waals surface area (Å²) in [6, 6.07) is 4.64. The van der Waals surface area contributed by atoms with Crippen LogP contribution in [-0.4, -0.2) is 23.9 Å². The molecule has 6 heteroatoms. The van der Waals surface area contributed by atoms with Gasteiger partial charge in [-0.05, 0) is 25.0 Å². The van der Waals surface area contributed by atoms with Crippen molar-refractivity contribution < 1.29 is 9.72 Å². The molecule has 0 saturated heterocycles. The van der Waals surface area contributed by atoms with Crippen LogP contribution in [0, 0.1) is 10.1 Å². The number of nitro benzene ring substituents is 1. The highest BCUT2D eigenvalue weighted by Gasteiger charge is 2.18. The number of nitro groups is 1. The van der Waals surface area contributed by atoms with Gasteiger partial charge in [-0.1, -0.05) is 13.8 Å². The van der Waals surface area contributed by atoms with E-state index in [1.165, 1.54) is 13.1 Å². The highest BCUT2D eigenvalue weighted by molar-refractivity contribution is 5.95. The van der Waals surface area contributed by atoms with Gasteiger partial charge in [0.1, 0.15) is 5.69 Å². The Bertz CT molecular complexity index is 470. The number of carbonyl (C=O) groups excluding carboxylic acids is 1. The Hall–Kier alpha value is -2.11. The zero-order valence-corrected chi connectivity index (χ0v) is 11.4. The first-order valence-corrected chi connectivity index (χ1v) is 6.30. The molecule has 1 aromatic rings. The van der Waals surface area contributed by atoms with E-state index in [2.05, 4.69) is 10.6 Å². The highest BCUT2D eigenvalue weighted by Crippen LogP contribution is 2.27. The maximum Gasteiger partial charge on any atom is 0.293 e. The van der Waals surface area contributed by atoms with Crippen LogP contribution in [0.1, 0.15) is 37.0 Å². The standard InChI is InChI=1S/C13H19N3O3/c1-4-10(5-2)15-11-7-6-9(13(17)14-3)8-12(11)16(18)19/h6-8,10,15H,4-5H2,1-3H3,(H,14,17). The summed E-state index contributed by atoms with van der Waals surface area (Å²) in [6.07, 6.45) is 1.76. The molecular formula is C13H19N3O3. The Kier molecular flexibility index (Phi) is 5.29. The summed E-state index contributed by atoms with van der Waals surface area (Å²) < 4.78 is 0. The lowest BCUT2D eigenvalue weighted by molar-refractivity contribution is -0.384. The molecule has 1 rings (SSSR count). The number of carbonyl (C=O) groups is 1. The average Bonchev–Trinajstić information content (AvgIpc) is 2.43. The largest absolute Gasteiger partial charge is 0.377 e. The summed E-state index contributed by atoms with van der Waals surface area (Å²) in [5.74, 6) is -0.336. The van der Waals surface area contributed by atoms with Gasteiger partial charge < -0.3 is 10.6 Å². The molecule has 0 bridgehead atoms.